The van der Waals surface area contributed by atoms with Crippen LogP contribution in [0, 0.1) is 11.3 Å². The number of carbonyl (C=O) groups is 3. The molecule has 7 nitrogen and oxygen atoms in total. The van der Waals surface area contributed by atoms with E-state index in [1.165, 1.54) is 51.5 Å². The molecule has 3 atom stereocenters. The van der Waals surface area contributed by atoms with E-state index in [1.54, 1.807) is 18.2 Å². The quantitative estimate of drug-likeness (QED) is 0.0952. The van der Waals surface area contributed by atoms with Crippen molar-refractivity contribution in [2.75, 3.05) is 50.5 Å². The number of unbranched alkanes of at least 4 members (excludes halogenated alkanes) is 1. The highest BCUT2D eigenvalue weighted by Crippen LogP contribution is 2.43. The third-order valence-electron chi connectivity index (χ3n) is 9.79. The summed E-state index contributed by atoms with van der Waals surface area (Å²) in [4.78, 5) is 37.2. The highest BCUT2D eigenvalue weighted by Gasteiger charge is 2.40. The van der Waals surface area contributed by atoms with Crippen LogP contribution >= 0.6 is 31.8 Å². The third-order valence-corrected chi connectivity index (χ3v) is 12.0. The molecule has 2 aromatic carbocycles. The molecule has 1 heterocycles. The number of halogens is 2. The summed E-state index contributed by atoms with van der Waals surface area (Å²) in [6.45, 7) is 15.8. The van der Waals surface area contributed by atoms with E-state index in [-0.39, 0.29) is 28.8 Å². The molecule has 286 valence electrons. The molecule has 2 aromatic rings. The fourth-order valence-corrected chi connectivity index (χ4v) is 8.18. The summed E-state index contributed by atoms with van der Waals surface area (Å²) in [5.41, 5.74) is 1.87. The Kier molecular flexibility index (Phi) is 22.9. The van der Waals surface area contributed by atoms with E-state index < -0.39 is 0 Å². The van der Waals surface area contributed by atoms with E-state index in [4.69, 9.17) is 32.7 Å². The topological polar surface area (TPSA) is 87.7 Å². The maximum Gasteiger partial charge on any atom is 0.258 e. The molecule has 2 N–H and O–H groups in total. The minimum absolute atomic E-state index is 0.0448. The van der Waals surface area contributed by atoms with Gasteiger partial charge in [0.05, 0.1) is 28.8 Å². The SMILES string of the molecule is CC=O.CCC(C)CCN1CCOCC1.CCCPCCCCC1(C(=O)NC(C)Cc2ccc(NC(=O)c3c(Cl)cccc3Cl)cc2)CCCC1. The van der Waals surface area contributed by atoms with Gasteiger partial charge < -0.3 is 20.2 Å². The molecule has 0 radical (unpaired) electrons. The number of aldehydes is 1. The summed E-state index contributed by atoms with van der Waals surface area (Å²) in [6, 6.07) is 12.7. The Labute approximate surface area is 320 Å². The molecular weight excluding hydrogens is 700 g/mol. The minimum Gasteiger partial charge on any atom is -0.379 e. The van der Waals surface area contributed by atoms with E-state index in [1.807, 2.05) is 24.3 Å². The number of nitrogens with one attached hydrogen (secondary N) is 2. The van der Waals surface area contributed by atoms with Gasteiger partial charge in [0.2, 0.25) is 5.91 Å². The van der Waals surface area contributed by atoms with Crippen LogP contribution in [0.5, 0.6) is 0 Å². The molecule has 1 saturated carbocycles. The predicted octanol–water partition coefficient (Wildman–Crippen LogP) is 10.1. The van der Waals surface area contributed by atoms with Crippen molar-refractivity contribution in [3.8, 4) is 0 Å². The fourth-order valence-electron chi connectivity index (χ4n) is 6.50. The van der Waals surface area contributed by atoms with Crippen LogP contribution in [0.2, 0.25) is 10.0 Å². The Morgan fingerprint density at radius 1 is 0.980 bits per heavy atom. The van der Waals surface area contributed by atoms with Crippen molar-refractivity contribution in [2.45, 2.75) is 111 Å². The van der Waals surface area contributed by atoms with E-state index >= 15 is 0 Å². The van der Waals surface area contributed by atoms with Crippen LogP contribution in [-0.4, -0.2) is 74.2 Å². The van der Waals surface area contributed by atoms with Crippen molar-refractivity contribution in [1.82, 2.24) is 10.2 Å². The first-order valence-electron chi connectivity index (χ1n) is 19.1. The number of anilines is 1. The minimum atomic E-state index is -0.341. The Hall–Kier alpha value is -2.02. The first-order chi connectivity index (χ1) is 24.6. The molecule has 0 spiro atoms. The number of benzene rings is 2. The van der Waals surface area contributed by atoms with E-state index in [2.05, 4.69) is 43.2 Å². The zero-order valence-electron chi connectivity index (χ0n) is 31.8. The number of rotatable bonds is 17. The second kappa shape index (κ2) is 25.9. The summed E-state index contributed by atoms with van der Waals surface area (Å²) < 4.78 is 5.29. The first kappa shape index (κ1) is 45.1. The maximum absolute atomic E-state index is 13.3. The van der Waals surface area contributed by atoms with Gasteiger partial charge in [0, 0.05) is 30.2 Å². The van der Waals surface area contributed by atoms with Crippen LogP contribution < -0.4 is 10.6 Å². The van der Waals surface area contributed by atoms with Crippen molar-refractivity contribution in [1.29, 1.82) is 0 Å². The fraction of sp³-hybridized carbons (Fsp3) is 0.634. The molecule has 0 bridgehead atoms. The molecule has 1 aliphatic heterocycles. The molecule has 3 unspecified atom stereocenters. The van der Waals surface area contributed by atoms with Crippen LogP contribution in [-0.2, 0) is 20.7 Å². The predicted molar refractivity (Wildman–Crippen MR) is 218 cm³/mol. The molecule has 10 heteroatoms. The van der Waals surface area contributed by atoms with Gasteiger partial charge in [0.25, 0.3) is 5.91 Å². The average Bonchev–Trinajstić information content (AvgIpc) is 3.61. The Morgan fingerprint density at radius 3 is 2.20 bits per heavy atom. The van der Waals surface area contributed by atoms with Gasteiger partial charge in [0.1, 0.15) is 6.29 Å². The lowest BCUT2D eigenvalue weighted by atomic mass is 9.80. The van der Waals surface area contributed by atoms with Crippen LogP contribution in [0.3, 0.4) is 0 Å². The summed E-state index contributed by atoms with van der Waals surface area (Å²) >= 11 is 12.3. The van der Waals surface area contributed by atoms with Crippen molar-refractivity contribution >= 4 is 55.6 Å². The van der Waals surface area contributed by atoms with Crippen molar-refractivity contribution in [3.63, 3.8) is 0 Å². The van der Waals surface area contributed by atoms with Gasteiger partial charge in [-0.1, -0.05) is 94.3 Å². The summed E-state index contributed by atoms with van der Waals surface area (Å²) in [7, 11) is 1.07. The lowest BCUT2D eigenvalue weighted by Crippen LogP contribution is -2.44. The highest BCUT2D eigenvalue weighted by molar-refractivity contribution is 7.37. The van der Waals surface area contributed by atoms with Crippen LogP contribution in [0.25, 0.3) is 0 Å². The number of ether oxygens (including phenoxy) is 1. The average molecular weight is 765 g/mol. The monoisotopic (exact) mass is 763 g/mol. The van der Waals surface area contributed by atoms with Gasteiger partial charge in [0.15, 0.2) is 0 Å². The molecule has 2 amide bonds. The lowest BCUT2D eigenvalue weighted by molar-refractivity contribution is -0.132. The molecule has 2 fully saturated rings. The second-order valence-corrected chi connectivity index (χ2v) is 16.3. The smallest absolute Gasteiger partial charge is 0.258 e. The van der Waals surface area contributed by atoms with E-state index in [9.17, 15) is 9.59 Å². The summed E-state index contributed by atoms with van der Waals surface area (Å²) in [5, 5.41) is 6.81. The molecule has 51 heavy (non-hydrogen) atoms. The Bertz CT molecular complexity index is 1260. The van der Waals surface area contributed by atoms with Gasteiger partial charge in [-0.25, -0.2) is 0 Å². The number of carbonyl (C=O) groups excluding carboxylic acids is 3. The van der Waals surface area contributed by atoms with Crippen molar-refractivity contribution in [3.05, 3.63) is 63.6 Å². The van der Waals surface area contributed by atoms with Gasteiger partial charge >= 0.3 is 0 Å². The standard InChI is InChI=1S/C29H39Cl2N2O2P.C10H21NO.C2H4O/c1-3-18-36-19-7-6-17-29(15-4-5-16-29)28(35)32-21(2)20-22-11-13-23(14-12-22)33-27(34)26-24(30)9-8-10-25(26)31;1-3-10(2)4-5-11-6-8-12-9-7-11;1-2-3/h8-14,21,36H,3-7,15-20H2,1-2H3,(H,32,35)(H,33,34);10H,3-9H2,1-2H3;2H,1H3. The molecule has 0 aromatic heterocycles. The van der Waals surface area contributed by atoms with Gasteiger partial charge in [-0.3, -0.25) is 14.5 Å². The van der Waals surface area contributed by atoms with Crippen molar-refractivity contribution < 1.29 is 19.1 Å². The maximum atomic E-state index is 13.3. The van der Waals surface area contributed by atoms with E-state index in [0.717, 1.165) is 97.6 Å². The Balaban J connectivity index is 0.000000500. The third kappa shape index (κ3) is 17.1. The van der Waals surface area contributed by atoms with Gasteiger partial charge in [-0.15, -0.1) is 8.58 Å². The zero-order valence-corrected chi connectivity index (χ0v) is 34.3. The second-order valence-electron chi connectivity index (χ2n) is 14.0. The highest BCUT2D eigenvalue weighted by atomic mass is 35.5. The number of morpholine rings is 1. The van der Waals surface area contributed by atoms with Gasteiger partial charge in [-0.2, -0.15) is 0 Å². The van der Waals surface area contributed by atoms with Crippen LogP contribution in [0.4, 0.5) is 5.69 Å². The van der Waals surface area contributed by atoms with Gasteiger partial charge in [-0.05, 0) is 107 Å². The number of hydrogen-bond acceptors (Lipinski definition) is 5. The number of nitrogens with zero attached hydrogens (tertiary/aromatic N) is 1. The normalized spacial score (nSPS) is 16.7. The number of hydrogen-bond donors (Lipinski definition) is 2. The Morgan fingerprint density at radius 2 is 1.61 bits per heavy atom. The molecule has 2 aliphatic rings. The van der Waals surface area contributed by atoms with E-state index in [0.29, 0.717) is 15.7 Å². The molecule has 4 rings (SSSR count). The summed E-state index contributed by atoms with van der Waals surface area (Å²) in [6.07, 6.45) is 15.8. The van der Waals surface area contributed by atoms with Crippen LogP contribution in [0.15, 0.2) is 42.5 Å². The van der Waals surface area contributed by atoms with Crippen LogP contribution in [0.1, 0.15) is 115 Å². The summed E-state index contributed by atoms with van der Waals surface area (Å²) in [5.74, 6) is 0.781. The van der Waals surface area contributed by atoms with Crippen molar-refractivity contribution in [2.24, 2.45) is 11.3 Å². The number of amides is 2. The zero-order chi connectivity index (χ0) is 37.5. The molecular formula is C41H64Cl2N3O4P. The molecule has 1 aliphatic carbocycles. The first-order valence-corrected chi connectivity index (χ1v) is 21.3. The largest absolute Gasteiger partial charge is 0.379 e. The lowest BCUT2D eigenvalue weighted by Gasteiger charge is -2.29. The molecule has 1 saturated heterocycles.